The van der Waals surface area contributed by atoms with Crippen LogP contribution in [0.1, 0.15) is 62.8 Å². The minimum absolute atomic E-state index is 0.222. The van der Waals surface area contributed by atoms with Gasteiger partial charge in [0.25, 0.3) is 0 Å². The van der Waals surface area contributed by atoms with Crippen molar-refractivity contribution in [2.45, 2.75) is 57.3 Å². The van der Waals surface area contributed by atoms with Gasteiger partial charge in [0, 0.05) is 0 Å². The Morgan fingerprint density at radius 1 is 1.00 bits per heavy atom. The van der Waals surface area contributed by atoms with E-state index >= 15 is 0 Å². The third-order valence-electron chi connectivity index (χ3n) is 6.72. The predicted octanol–water partition coefficient (Wildman–Crippen LogP) is 5.93. The first-order valence-corrected chi connectivity index (χ1v) is 9.80. The second-order valence-electron chi connectivity index (χ2n) is 8.06. The number of hydrogen-bond acceptors (Lipinski definition) is 1. The van der Waals surface area contributed by atoms with Crippen LogP contribution in [-0.2, 0) is 4.79 Å². The molecule has 4 heteroatoms. The van der Waals surface area contributed by atoms with E-state index < -0.39 is 23.5 Å². The fourth-order valence-electron chi connectivity index (χ4n) is 5.16. The lowest BCUT2D eigenvalue weighted by Crippen LogP contribution is -2.30. The number of halogens is 2. The molecule has 0 saturated heterocycles. The molecule has 0 radical (unpaired) electrons. The van der Waals surface area contributed by atoms with E-state index in [1.165, 1.54) is 12.1 Å². The van der Waals surface area contributed by atoms with Gasteiger partial charge in [-0.3, -0.25) is 4.79 Å². The van der Waals surface area contributed by atoms with Crippen LogP contribution < -0.4 is 0 Å². The number of carboxylic acid groups (broad SMARTS) is 1. The summed E-state index contributed by atoms with van der Waals surface area (Å²) >= 11 is 0. The third-order valence-corrected chi connectivity index (χ3v) is 6.72. The molecule has 3 rings (SSSR count). The SMILES string of the molecule is C=CC(C(=O)O)C1CCC([C@H]2CC[C@H](c3ccc(F)c(F)c3)CC2)CC1. The zero-order valence-corrected chi connectivity index (χ0v) is 15.2. The van der Waals surface area contributed by atoms with Crippen molar-refractivity contribution in [3.8, 4) is 0 Å². The number of carboxylic acids is 1. The molecule has 2 nitrogen and oxygen atoms in total. The molecule has 142 valence electrons. The second kappa shape index (κ2) is 8.32. The first kappa shape index (κ1) is 19.1. The number of hydrogen-bond donors (Lipinski definition) is 1. The van der Waals surface area contributed by atoms with Crippen LogP contribution in [0.3, 0.4) is 0 Å². The van der Waals surface area contributed by atoms with E-state index in [2.05, 4.69) is 6.58 Å². The maximum absolute atomic E-state index is 13.5. The predicted molar refractivity (Wildman–Crippen MR) is 97.8 cm³/mol. The molecule has 2 fully saturated rings. The van der Waals surface area contributed by atoms with Gasteiger partial charge in [0.15, 0.2) is 11.6 Å². The summed E-state index contributed by atoms with van der Waals surface area (Å²) in [4.78, 5) is 11.3. The van der Waals surface area contributed by atoms with Crippen LogP contribution in [0.15, 0.2) is 30.9 Å². The van der Waals surface area contributed by atoms with Gasteiger partial charge in [-0.2, -0.15) is 0 Å². The van der Waals surface area contributed by atoms with Crippen LogP contribution in [0, 0.1) is 35.3 Å². The van der Waals surface area contributed by atoms with Gasteiger partial charge in [-0.1, -0.05) is 12.1 Å². The Bertz CT molecular complexity index is 642. The standard InChI is InChI=1S/C22H28F2O2/c1-2-19(22(25)26)17-9-7-15(8-10-17)14-3-5-16(6-4-14)18-11-12-20(23)21(24)13-18/h2,11-17,19H,1,3-10H2,(H,25,26)/t14-,15?,16-,17?,19?. The average Bonchev–Trinajstić information content (AvgIpc) is 2.65. The summed E-state index contributed by atoms with van der Waals surface area (Å²) in [6.07, 6.45) is 10.0. The minimum Gasteiger partial charge on any atom is -0.481 e. The summed E-state index contributed by atoms with van der Waals surface area (Å²) in [6, 6.07) is 4.30. The molecule has 1 N–H and O–H groups in total. The Balaban J connectivity index is 1.50. The van der Waals surface area contributed by atoms with Crippen molar-refractivity contribution in [2.24, 2.45) is 23.7 Å². The van der Waals surface area contributed by atoms with E-state index in [1.807, 2.05) is 0 Å². The van der Waals surface area contributed by atoms with Crippen molar-refractivity contribution in [1.29, 1.82) is 0 Å². The molecule has 1 atom stereocenters. The van der Waals surface area contributed by atoms with Crippen molar-refractivity contribution < 1.29 is 18.7 Å². The highest BCUT2D eigenvalue weighted by Gasteiger charge is 2.34. The van der Waals surface area contributed by atoms with Crippen LogP contribution in [-0.4, -0.2) is 11.1 Å². The van der Waals surface area contributed by atoms with Gasteiger partial charge >= 0.3 is 5.97 Å². The molecule has 1 unspecified atom stereocenters. The van der Waals surface area contributed by atoms with Gasteiger partial charge < -0.3 is 5.11 Å². The summed E-state index contributed by atoms with van der Waals surface area (Å²) in [7, 11) is 0. The van der Waals surface area contributed by atoms with Gasteiger partial charge in [-0.15, -0.1) is 6.58 Å². The summed E-state index contributed by atoms with van der Waals surface area (Å²) < 4.78 is 26.6. The number of aliphatic carboxylic acids is 1. The maximum Gasteiger partial charge on any atom is 0.310 e. The molecule has 0 spiro atoms. The van der Waals surface area contributed by atoms with Gasteiger partial charge in [0.05, 0.1) is 5.92 Å². The summed E-state index contributed by atoms with van der Waals surface area (Å²) in [5.41, 5.74) is 0.918. The summed E-state index contributed by atoms with van der Waals surface area (Å²) in [5, 5.41) is 9.29. The van der Waals surface area contributed by atoms with Gasteiger partial charge in [-0.05, 0) is 92.7 Å². The molecule has 2 aliphatic carbocycles. The highest BCUT2D eigenvalue weighted by atomic mass is 19.2. The molecular formula is C22H28F2O2. The molecule has 0 aromatic heterocycles. The largest absolute Gasteiger partial charge is 0.481 e. The maximum atomic E-state index is 13.5. The van der Waals surface area contributed by atoms with Gasteiger partial charge in [-0.25, -0.2) is 8.78 Å². The van der Waals surface area contributed by atoms with Crippen LogP contribution >= 0.6 is 0 Å². The molecule has 2 aliphatic rings. The van der Waals surface area contributed by atoms with Crippen LogP contribution in [0.4, 0.5) is 8.78 Å². The molecule has 26 heavy (non-hydrogen) atoms. The highest BCUT2D eigenvalue weighted by molar-refractivity contribution is 5.72. The minimum atomic E-state index is -0.779. The third kappa shape index (κ3) is 4.16. The Labute approximate surface area is 154 Å². The lowest BCUT2D eigenvalue weighted by atomic mass is 9.67. The summed E-state index contributed by atoms with van der Waals surface area (Å²) in [6.45, 7) is 3.68. The number of carbonyl (C=O) groups is 1. The average molecular weight is 362 g/mol. The number of benzene rings is 1. The summed E-state index contributed by atoms with van der Waals surface area (Å²) in [5.74, 6) is -0.789. The van der Waals surface area contributed by atoms with Crippen molar-refractivity contribution in [3.05, 3.63) is 48.1 Å². The zero-order valence-electron chi connectivity index (χ0n) is 15.2. The van der Waals surface area contributed by atoms with Crippen LogP contribution in [0.2, 0.25) is 0 Å². The van der Waals surface area contributed by atoms with Gasteiger partial charge in [0.2, 0.25) is 0 Å². The topological polar surface area (TPSA) is 37.3 Å². The lowest BCUT2D eigenvalue weighted by molar-refractivity contribution is -0.142. The first-order valence-electron chi connectivity index (χ1n) is 9.80. The monoisotopic (exact) mass is 362 g/mol. The second-order valence-corrected chi connectivity index (χ2v) is 8.06. The van der Waals surface area contributed by atoms with Crippen molar-refractivity contribution in [3.63, 3.8) is 0 Å². The fraction of sp³-hybridized carbons (Fsp3) is 0.591. The van der Waals surface area contributed by atoms with E-state index in [9.17, 15) is 18.7 Å². The molecule has 0 amide bonds. The smallest absolute Gasteiger partial charge is 0.310 e. The van der Waals surface area contributed by atoms with E-state index in [0.29, 0.717) is 17.8 Å². The van der Waals surface area contributed by atoms with Crippen LogP contribution in [0.25, 0.3) is 0 Å². The van der Waals surface area contributed by atoms with Gasteiger partial charge in [0.1, 0.15) is 0 Å². The molecule has 0 aliphatic heterocycles. The zero-order chi connectivity index (χ0) is 18.7. The van der Waals surface area contributed by atoms with Crippen LogP contribution in [0.5, 0.6) is 0 Å². The quantitative estimate of drug-likeness (QED) is 0.659. The fourth-order valence-corrected chi connectivity index (χ4v) is 5.16. The van der Waals surface area contributed by atoms with E-state index in [4.69, 9.17) is 0 Å². The molecule has 0 heterocycles. The van der Waals surface area contributed by atoms with Crippen molar-refractivity contribution >= 4 is 5.97 Å². The van der Waals surface area contributed by atoms with Crippen molar-refractivity contribution in [2.75, 3.05) is 0 Å². The lowest BCUT2D eigenvalue weighted by Gasteiger charge is -2.38. The molecule has 1 aromatic carbocycles. The molecule has 0 bridgehead atoms. The molecule has 2 saturated carbocycles. The Morgan fingerprint density at radius 2 is 1.58 bits per heavy atom. The normalized spacial score (nSPS) is 30.5. The highest BCUT2D eigenvalue weighted by Crippen LogP contribution is 2.45. The molecular weight excluding hydrogens is 334 g/mol. The first-order chi connectivity index (χ1) is 12.5. The molecule has 1 aromatic rings. The Morgan fingerprint density at radius 3 is 2.08 bits per heavy atom. The number of rotatable bonds is 5. The van der Waals surface area contributed by atoms with E-state index in [0.717, 1.165) is 56.9 Å². The van der Waals surface area contributed by atoms with E-state index in [-0.39, 0.29) is 5.92 Å². The van der Waals surface area contributed by atoms with Crippen molar-refractivity contribution in [1.82, 2.24) is 0 Å². The Kier molecular flexibility index (Phi) is 6.10. The van der Waals surface area contributed by atoms with E-state index in [1.54, 1.807) is 12.1 Å². The Hall–Kier alpha value is -1.71.